The molecule has 0 heterocycles. The van der Waals surface area contributed by atoms with Gasteiger partial charge in [-0.05, 0) is 43.7 Å². The second kappa shape index (κ2) is 5.55. The topological polar surface area (TPSA) is 12.0 Å². The highest BCUT2D eigenvalue weighted by molar-refractivity contribution is 6.31. The molecule has 1 unspecified atom stereocenters. The minimum Gasteiger partial charge on any atom is -0.309 e. The summed E-state index contributed by atoms with van der Waals surface area (Å²) < 4.78 is 0. The van der Waals surface area contributed by atoms with Gasteiger partial charge in [0.2, 0.25) is 0 Å². The van der Waals surface area contributed by atoms with Crippen LogP contribution in [0, 0.1) is 13.8 Å². The van der Waals surface area contributed by atoms with Crippen molar-refractivity contribution in [3.05, 3.63) is 69.7 Å². The van der Waals surface area contributed by atoms with Gasteiger partial charge in [0.15, 0.2) is 0 Å². The van der Waals surface area contributed by atoms with Gasteiger partial charge >= 0.3 is 0 Å². The number of hydrogen-bond acceptors (Lipinski definition) is 1. The Hall–Kier alpha value is -1.31. The summed E-state index contributed by atoms with van der Waals surface area (Å²) >= 11 is 6.07. The standard InChI is InChI=1S/C16H18ClN/c1-11-4-6-13(7-5-11)16(18-3)14-8-9-15(17)12(2)10-14/h4-10,16,18H,1-3H3. The van der Waals surface area contributed by atoms with E-state index < -0.39 is 0 Å². The summed E-state index contributed by atoms with van der Waals surface area (Å²) in [6.45, 7) is 4.14. The molecule has 0 saturated heterocycles. The van der Waals surface area contributed by atoms with Gasteiger partial charge in [0.25, 0.3) is 0 Å². The molecule has 0 aliphatic heterocycles. The van der Waals surface area contributed by atoms with E-state index in [4.69, 9.17) is 11.6 Å². The summed E-state index contributed by atoms with van der Waals surface area (Å²) in [4.78, 5) is 0. The van der Waals surface area contributed by atoms with Crippen molar-refractivity contribution in [3.63, 3.8) is 0 Å². The maximum atomic E-state index is 6.07. The van der Waals surface area contributed by atoms with Gasteiger partial charge in [-0.15, -0.1) is 0 Å². The second-order valence-corrected chi connectivity index (χ2v) is 5.05. The van der Waals surface area contributed by atoms with Crippen LogP contribution in [0.2, 0.25) is 5.02 Å². The van der Waals surface area contributed by atoms with Crippen LogP contribution in [0.5, 0.6) is 0 Å². The van der Waals surface area contributed by atoms with E-state index in [2.05, 4.69) is 48.6 Å². The van der Waals surface area contributed by atoms with E-state index in [1.54, 1.807) is 0 Å². The highest BCUT2D eigenvalue weighted by atomic mass is 35.5. The van der Waals surface area contributed by atoms with Crippen LogP contribution in [-0.4, -0.2) is 7.05 Å². The second-order valence-electron chi connectivity index (χ2n) is 4.64. The van der Waals surface area contributed by atoms with Crippen LogP contribution in [-0.2, 0) is 0 Å². The van der Waals surface area contributed by atoms with E-state index in [1.807, 2.05) is 20.0 Å². The summed E-state index contributed by atoms with van der Waals surface area (Å²) in [6, 6.07) is 15.0. The van der Waals surface area contributed by atoms with Crippen molar-refractivity contribution in [2.45, 2.75) is 19.9 Å². The van der Waals surface area contributed by atoms with Crippen LogP contribution < -0.4 is 5.32 Å². The summed E-state index contributed by atoms with van der Waals surface area (Å²) in [5.74, 6) is 0. The van der Waals surface area contributed by atoms with Gasteiger partial charge in [-0.2, -0.15) is 0 Å². The van der Waals surface area contributed by atoms with Crippen LogP contribution in [0.4, 0.5) is 0 Å². The van der Waals surface area contributed by atoms with Gasteiger partial charge in [-0.3, -0.25) is 0 Å². The minimum atomic E-state index is 0.210. The van der Waals surface area contributed by atoms with Crippen LogP contribution in [0.1, 0.15) is 28.3 Å². The van der Waals surface area contributed by atoms with Crippen LogP contribution in [0.25, 0.3) is 0 Å². The van der Waals surface area contributed by atoms with E-state index in [9.17, 15) is 0 Å². The van der Waals surface area contributed by atoms with E-state index in [1.165, 1.54) is 16.7 Å². The SMILES string of the molecule is CNC(c1ccc(C)cc1)c1ccc(Cl)c(C)c1. The Morgan fingerprint density at radius 1 is 0.944 bits per heavy atom. The van der Waals surface area contributed by atoms with Crippen molar-refractivity contribution in [3.8, 4) is 0 Å². The summed E-state index contributed by atoms with van der Waals surface area (Å²) in [7, 11) is 1.98. The smallest absolute Gasteiger partial charge is 0.0574 e. The Morgan fingerprint density at radius 2 is 1.56 bits per heavy atom. The Morgan fingerprint density at radius 3 is 2.11 bits per heavy atom. The fourth-order valence-corrected chi connectivity index (χ4v) is 2.25. The minimum absolute atomic E-state index is 0.210. The first-order valence-electron chi connectivity index (χ1n) is 6.11. The van der Waals surface area contributed by atoms with E-state index in [-0.39, 0.29) is 6.04 Å². The first-order chi connectivity index (χ1) is 8.61. The van der Waals surface area contributed by atoms with Crippen LogP contribution >= 0.6 is 11.6 Å². The van der Waals surface area contributed by atoms with Crippen LogP contribution in [0.15, 0.2) is 42.5 Å². The molecule has 0 bridgehead atoms. The monoisotopic (exact) mass is 259 g/mol. The molecule has 2 aromatic carbocycles. The molecule has 1 atom stereocenters. The molecular weight excluding hydrogens is 242 g/mol. The Bertz CT molecular complexity index is 531. The number of halogens is 1. The van der Waals surface area contributed by atoms with Gasteiger partial charge in [0, 0.05) is 5.02 Å². The quantitative estimate of drug-likeness (QED) is 0.868. The van der Waals surface area contributed by atoms with Gasteiger partial charge in [-0.1, -0.05) is 53.6 Å². The van der Waals surface area contributed by atoms with Crippen molar-refractivity contribution in [1.29, 1.82) is 0 Å². The molecule has 0 aliphatic rings. The highest BCUT2D eigenvalue weighted by Crippen LogP contribution is 2.25. The number of nitrogens with one attached hydrogen (secondary N) is 1. The zero-order valence-electron chi connectivity index (χ0n) is 11.0. The largest absolute Gasteiger partial charge is 0.309 e. The van der Waals surface area contributed by atoms with Crippen molar-refractivity contribution in [2.24, 2.45) is 0 Å². The van der Waals surface area contributed by atoms with Crippen molar-refractivity contribution in [1.82, 2.24) is 5.32 Å². The molecule has 18 heavy (non-hydrogen) atoms. The fraction of sp³-hybridized carbons (Fsp3) is 0.250. The Labute approximate surface area is 114 Å². The summed E-state index contributed by atoms with van der Waals surface area (Å²) in [5, 5.41) is 4.17. The van der Waals surface area contributed by atoms with Crippen LogP contribution in [0.3, 0.4) is 0 Å². The van der Waals surface area contributed by atoms with Crippen molar-refractivity contribution < 1.29 is 0 Å². The molecule has 94 valence electrons. The summed E-state index contributed by atoms with van der Waals surface area (Å²) in [5.41, 5.74) is 4.90. The van der Waals surface area contributed by atoms with E-state index in [0.29, 0.717) is 0 Å². The predicted octanol–water partition coefficient (Wildman–Crippen LogP) is 4.27. The molecular formula is C16H18ClN. The Balaban J connectivity index is 2.38. The zero-order valence-corrected chi connectivity index (χ0v) is 11.8. The van der Waals surface area contributed by atoms with Gasteiger partial charge in [0.1, 0.15) is 0 Å². The molecule has 2 rings (SSSR count). The highest BCUT2D eigenvalue weighted by Gasteiger charge is 2.12. The number of rotatable bonds is 3. The Kier molecular flexibility index (Phi) is 4.05. The lowest BCUT2D eigenvalue weighted by Crippen LogP contribution is -2.17. The molecule has 2 aromatic rings. The number of hydrogen-bond donors (Lipinski definition) is 1. The average Bonchev–Trinajstić information content (AvgIpc) is 2.37. The van der Waals surface area contributed by atoms with Crippen molar-refractivity contribution in [2.75, 3.05) is 7.05 Å². The lowest BCUT2D eigenvalue weighted by atomic mass is 9.97. The normalized spacial score (nSPS) is 12.4. The number of benzene rings is 2. The molecule has 0 spiro atoms. The number of aryl methyl sites for hydroxylation is 2. The lowest BCUT2D eigenvalue weighted by molar-refractivity contribution is 0.691. The zero-order chi connectivity index (χ0) is 13.1. The third kappa shape index (κ3) is 2.74. The molecule has 1 nitrogen and oxygen atoms in total. The first-order valence-corrected chi connectivity index (χ1v) is 6.49. The molecule has 0 saturated carbocycles. The van der Waals surface area contributed by atoms with E-state index in [0.717, 1.165) is 10.6 Å². The maximum absolute atomic E-state index is 6.07. The molecule has 2 heteroatoms. The van der Waals surface area contributed by atoms with E-state index >= 15 is 0 Å². The maximum Gasteiger partial charge on any atom is 0.0574 e. The molecule has 0 aromatic heterocycles. The molecule has 0 aliphatic carbocycles. The third-order valence-corrected chi connectivity index (χ3v) is 3.64. The molecule has 1 N–H and O–H groups in total. The third-order valence-electron chi connectivity index (χ3n) is 3.21. The average molecular weight is 260 g/mol. The van der Waals surface area contributed by atoms with Gasteiger partial charge < -0.3 is 5.32 Å². The summed E-state index contributed by atoms with van der Waals surface area (Å²) in [6.07, 6.45) is 0. The van der Waals surface area contributed by atoms with Gasteiger partial charge in [-0.25, -0.2) is 0 Å². The molecule has 0 radical (unpaired) electrons. The molecule has 0 fully saturated rings. The first kappa shape index (κ1) is 13.1. The van der Waals surface area contributed by atoms with Crippen molar-refractivity contribution >= 4 is 11.6 Å². The fourth-order valence-electron chi connectivity index (χ4n) is 2.13. The van der Waals surface area contributed by atoms with Gasteiger partial charge in [0.05, 0.1) is 6.04 Å². The predicted molar refractivity (Wildman–Crippen MR) is 78.3 cm³/mol. The molecule has 0 amide bonds. The lowest BCUT2D eigenvalue weighted by Gasteiger charge is -2.18.